The van der Waals surface area contributed by atoms with Gasteiger partial charge in [-0.15, -0.1) is 0 Å². The molecule has 23 heavy (non-hydrogen) atoms. The van der Waals surface area contributed by atoms with Gasteiger partial charge in [0.1, 0.15) is 0 Å². The Labute approximate surface area is 142 Å². The number of para-hydroxylation sites is 1. The number of nitrogens with zero attached hydrogens (tertiary/aromatic N) is 1. The number of anilines is 1. The van der Waals surface area contributed by atoms with Crippen LogP contribution in [0.25, 0.3) is 10.9 Å². The minimum absolute atomic E-state index is 0.0119. The molecule has 1 heterocycles. The molecule has 0 aliphatic carbocycles. The Morgan fingerprint density at radius 2 is 1.87 bits per heavy atom. The second-order valence-corrected chi connectivity index (χ2v) is 5.91. The van der Waals surface area contributed by atoms with Crippen LogP contribution < -0.4 is 5.32 Å². The van der Waals surface area contributed by atoms with Crippen molar-refractivity contribution in [3.05, 3.63) is 63.1 Å². The number of halogens is 2. The fourth-order valence-corrected chi connectivity index (χ4v) is 3.11. The lowest BCUT2D eigenvalue weighted by atomic mass is 10.1. The van der Waals surface area contributed by atoms with Crippen LogP contribution in [0.15, 0.2) is 42.6 Å². The van der Waals surface area contributed by atoms with Crippen LogP contribution in [0.4, 0.5) is 11.4 Å². The normalized spacial score (nSPS) is 10.9. The van der Waals surface area contributed by atoms with Crippen molar-refractivity contribution in [2.24, 2.45) is 0 Å². The molecule has 0 aliphatic heterocycles. The SMILES string of the molecule is O=[N+](O)c1cc(Cl)c(NCCc2c[nH]c3ccccc23)c(Cl)c1. The fraction of sp³-hybridized carbons (Fsp3) is 0.125. The predicted octanol–water partition coefficient (Wildman–Crippen LogP) is 4.93. The molecular formula is C16H14Cl2N3O2+. The Kier molecular flexibility index (Phi) is 4.41. The summed E-state index contributed by atoms with van der Waals surface area (Å²) in [7, 11) is 0. The first-order chi connectivity index (χ1) is 11.1. The lowest BCUT2D eigenvalue weighted by molar-refractivity contribution is -0.729. The summed E-state index contributed by atoms with van der Waals surface area (Å²) < 4.78 is 0. The number of nitrogens with one attached hydrogen (secondary N) is 2. The van der Waals surface area contributed by atoms with E-state index in [4.69, 9.17) is 28.4 Å². The van der Waals surface area contributed by atoms with Gasteiger partial charge < -0.3 is 10.3 Å². The van der Waals surface area contributed by atoms with E-state index in [1.165, 1.54) is 23.1 Å². The number of hydrogen-bond acceptors (Lipinski definition) is 2. The van der Waals surface area contributed by atoms with Crippen molar-refractivity contribution in [2.75, 3.05) is 11.9 Å². The fourth-order valence-electron chi connectivity index (χ4n) is 2.50. The number of fused-ring (bicyclic) bond motifs is 1. The number of H-pyrrole nitrogens is 1. The second kappa shape index (κ2) is 6.48. The van der Waals surface area contributed by atoms with E-state index >= 15 is 0 Å². The van der Waals surface area contributed by atoms with Crippen molar-refractivity contribution in [3.8, 4) is 0 Å². The van der Waals surface area contributed by atoms with Crippen molar-refractivity contribution >= 4 is 45.5 Å². The van der Waals surface area contributed by atoms with Crippen LogP contribution in [0, 0.1) is 4.91 Å². The van der Waals surface area contributed by atoms with E-state index in [2.05, 4.69) is 16.4 Å². The van der Waals surface area contributed by atoms with Gasteiger partial charge in [-0.25, -0.2) is 5.21 Å². The van der Waals surface area contributed by atoms with E-state index in [9.17, 15) is 4.91 Å². The number of hydrogen-bond donors (Lipinski definition) is 3. The Balaban J connectivity index is 1.73. The summed E-state index contributed by atoms with van der Waals surface area (Å²) in [5.41, 5.74) is 2.82. The summed E-state index contributed by atoms with van der Waals surface area (Å²) in [5.74, 6) is 0. The molecule has 0 aliphatic rings. The van der Waals surface area contributed by atoms with Crippen LogP contribution in [0.1, 0.15) is 5.56 Å². The van der Waals surface area contributed by atoms with Gasteiger partial charge >= 0.3 is 5.69 Å². The first-order valence-electron chi connectivity index (χ1n) is 7.00. The third kappa shape index (κ3) is 3.25. The highest BCUT2D eigenvalue weighted by Gasteiger charge is 2.17. The predicted molar refractivity (Wildman–Crippen MR) is 92.0 cm³/mol. The molecule has 3 aromatic rings. The van der Waals surface area contributed by atoms with Crippen LogP contribution in [0.3, 0.4) is 0 Å². The average molecular weight is 351 g/mol. The van der Waals surface area contributed by atoms with E-state index in [0.717, 1.165) is 11.9 Å². The van der Waals surface area contributed by atoms with Gasteiger partial charge in [0.25, 0.3) is 4.92 Å². The molecule has 3 N–H and O–H groups in total. The molecule has 5 nitrogen and oxygen atoms in total. The highest BCUT2D eigenvalue weighted by Crippen LogP contribution is 2.34. The van der Waals surface area contributed by atoms with Crippen molar-refractivity contribution in [3.63, 3.8) is 0 Å². The molecule has 0 atom stereocenters. The van der Waals surface area contributed by atoms with Crippen LogP contribution >= 0.6 is 23.2 Å². The summed E-state index contributed by atoms with van der Waals surface area (Å²) in [6.45, 7) is 0.626. The van der Waals surface area contributed by atoms with Crippen molar-refractivity contribution in [1.29, 1.82) is 0 Å². The van der Waals surface area contributed by atoms with Gasteiger partial charge in [-0.3, -0.25) is 0 Å². The van der Waals surface area contributed by atoms with Crippen molar-refractivity contribution in [1.82, 2.24) is 4.98 Å². The van der Waals surface area contributed by atoms with Crippen molar-refractivity contribution < 1.29 is 10.1 Å². The standard InChI is InChI=1S/C16H14Cl2N3O2/c17-13-7-11(21(22)23)8-14(18)16(13)19-6-5-10-9-20-15-4-2-1-3-12(10)15/h1-4,7-9,19-20H,5-6H2,(H,22,23)/q+1. The zero-order valence-electron chi connectivity index (χ0n) is 12.0. The molecule has 118 valence electrons. The largest absolute Gasteiger partial charge is 0.382 e. The summed E-state index contributed by atoms with van der Waals surface area (Å²) in [6, 6.07) is 10.8. The zero-order chi connectivity index (χ0) is 16.4. The average Bonchev–Trinajstić information content (AvgIpc) is 2.93. The lowest BCUT2D eigenvalue weighted by Gasteiger charge is -2.09. The Bertz CT molecular complexity index is 854. The van der Waals surface area contributed by atoms with E-state index in [-0.39, 0.29) is 20.7 Å². The molecule has 0 unspecified atom stereocenters. The summed E-state index contributed by atoms with van der Waals surface area (Å²) in [5, 5.41) is 13.8. The van der Waals surface area contributed by atoms with Crippen LogP contribution in [-0.4, -0.2) is 21.7 Å². The number of benzene rings is 2. The molecule has 0 saturated heterocycles. The Morgan fingerprint density at radius 1 is 1.17 bits per heavy atom. The first kappa shape index (κ1) is 15.6. The number of aromatic amines is 1. The third-order valence-corrected chi connectivity index (χ3v) is 4.21. The molecule has 2 aromatic carbocycles. The highest BCUT2D eigenvalue weighted by molar-refractivity contribution is 6.39. The van der Waals surface area contributed by atoms with Crippen LogP contribution in [-0.2, 0) is 6.42 Å². The molecular weight excluding hydrogens is 337 g/mol. The van der Waals surface area contributed by atoms with Gasteiger partial charge in [0, 0.05) is 35.8 Å². The van der Waals surface area contributed by atoms with Gasteiger partial charge in [-0.1, -0.05) is 41.4 Å². The van der Waals surface area contributed by atoms with E-state index in [0.29, 0.717) is 12.2 Å². The topological polar surface area (TPSA) is 68.1 Å². The number of aromatic nitrogens is 1. The van der Waals surface area contributed by atoms with Crippen molar-refractivity contribution in [2.45, 2.75) is 6.42 Å². The summed E-state index contributed by atoms with van der Waals surface area (Å²) in [6.07, 6.45) is 2.77. The maximum Gasteiger partial charge on any atom is 0.319 e. The molecule has 1 aromatic heterocycles. The van der Waals surface area contributed by atoms with E-state index in [1.807, 2.05) is 24.4 Å². The van der Waals surface area contributed by atoms with Gasteiger partial charge in [0.2, 0.25) is 0 Å². The number of rotatable bonds is 5. The zero-order valence-corrected chi connectivity index (χ0v) is 13.5. The molecule has 0 radical (unpaired) electrons. The molecule has 7 heteroatoms. The lowest BCUT2D eigenvalue weighted by Crippen LogP contribution is -2.06. The quantitative estimate of drug-likeness (QED) is 0.571. The maximum absolute atomic E-state index is 10.9. The molecule has 0 fully saturated rings. The Hall–Kier alpha value is -2.24. The van der Waals surface area contributed by atoms with Gasteiger partial charge in [-0.2, -0.15) is 0 Å². The molecule has 0 spiro atoms. The van der Waals surface area contributed by atoms with Gasteiger partial charge in [-0.05, 0) is 18.1 Å². The molecule has 3 rings (SSSR count). The smallest absolute Gasteiger partial charge is 0.319 e. The third-order valence-electron chi connectivity index (χ3n) is 3.62. The van der Waals surface area contributed by atoms with Crippen LogP contribution in [0.5, 0.6) is 0 Å². The van der Waals surface area contributed by atoms with E-state index in [1.54, 1.807) is 0 Å². The molecule has 0 bridgehead atoms. The minimum Gasteiger partial charge on any atom is -0.382 e. The summed E-state index contributed by atoms with van der Waals surface area (Å²) in [4.78, 5) is 13.8. The summed E-state index contributed by atoms with van der Waals surface area (Å²) >= 11 is 12.2. The second-order valence-electron chi connectivity index (χ2n) is 5.09. The Morgan fingerprint density at radius 3 is 2.57 bits per heavy atom. The van der Waals surface area contributed by atoms with Crippen LogP contribution in [0.2, 0.25) is 10.0 Å². The molecule has 0 saturated carbocycles. The van der Waals surface area contributed by atoms with Gasteiger partial charge in [0.15, 0.2) is 0 Å². The first-order valence-corrected chi connectivity index (χ1v) is 7.76. The van der Waals surface area contributed by atoms with E-state index < -0.39 is 0 Å². The maximum atomic E-state index is 10.9. The minimum atomic E-state index is -0.270. The monoisotopic (exact) mass is 350 g/mol. The molecule has 0 amide bonds. The highest BCUT2D eigenvalue weighted by atomic mass is 35.5. The van der Waals surface area contributed by atoms with Gasteiger partial charge in [0.05, 0.1) is 20.6 Å².